The van der Waals surface area contributed by atoms with Crippen molar-refractivity contribution < 1.29 is 19.0 Å². The molecule has 1 aliphatic carbocycles. The van der Waals surface area contributed by atoms with Crippen molar-refractivity contribution in [2.75, 3.05) is 6.61 Å². The monoisotopic (exact) mass is 436 g/mol. The number of Topliss-reactive ketones (excluding diaryl/α,β-unsaturated/α-hetero) is 1. The molecule has 4 rings (SSSR count). The number of rotatable bonds is 9. The third-order valence-corrected chi connectivity index (χ3v) is 5.94. The Bertz CT molecular complexity index is 1040. The van der Waals surface area contributed by atoms with Crippen LogP contribution in [0.5, 0.6) is 17.5 Å². The lowest BCUT2D eigenvalue weighted by molar-refractivity contribution is -0.118. The maximum Gasteiger partial charge on any atom is 0.297 e. The van der Waals surface area contributed by atoms with Crippen LogP contribution in [0.1, 0.15) is 46.0 Å². The van der Waals surface area contributed by atoms with E-state index in [0.717, 1.165) is 48.2 Å². The number of hydrogen-bond donors (Lipinski definition) is 0. The zero-order chi connectivity index (χ0) is 22.5. The van der Waals surface area contributed by atoms with Crippen molar-refractivity contribution in [1.82, 2.24) is 9.55 Å². The van der Waals surface area contributed by atoms with Gasteiger partial charge in [-0.3, -0.25) is 4.57 Å². The summed E-state index contributed by atoms with van der Waals surface area (Å²) in [7, 11) is 1.97. The Kier molecular flexibility index (Phi) is 7.10. The standard InChI is InChI=1S/C26H32N2O4/c1-18(15-19(2)29)17-30-20-9-11-22(12-10-20)32-26-27-24-14-13-23(16-25(24)28(26)3)31-21-7-5-4-6-8-21/h4-8,13-14,16,18,20,22H,9-12,15,17H2,1-3H3/t18-,20?,22?/m1/s1. The average Bonchev–Trinajstić information content (AvgIpc) is 3.08. The van der Waals surface area contributed by atoms with Crippen LogP contribution in [0.2, 0.25) is 0 Å². The number of ketones is 1. The third-order valence-electron chi connectivity index (χ3n) is 5.94. The van der Waals surface area contributed by atoms with Crippen LogP contribution in [0.25, 0.3) is 11.0 Å². The summed E-state index contributed by atoms with van der Waals surface area (Å²) in [6, 6.07) is 16.3. The van der Waals surface area contributed by atoms with Crippen LogP contribution < -0.4 is 9.47 Å². The topological polar surface area (TPSA) is 62.6 Å². The number of carbonyl (C=O) groups is 1. The van der Waals surface area contributed by atoms with E-state index in [1.165, 1.54) is 0 Å². The van der Waals surface area contributed by atoms with Crippen LogP contribution in [0.3, 0.4) is 0 Å². The molecule has 170 valence electrons. The van der Waals surface area contributed by atoms with Gasteiger partial charge in [-0.15, -0.1) is 0 Å². The van der Waals surface area contributed by atoms with Gasteiger partial charge in [0, 0.05) is 26.1 Å². The molecule has 1 saturated carbocycles. The minimum Gasteiger partial charge on any atom is -0.461 e. The molecule has 32 heavy (non-hydrogen) atoms. The van der Waals surface area contributed by atoms with Gasteiger partial charge in [-0.25, -0.2) is 0 Å². The lowest BCUT2D eigenvalue weighted by atomic mass is 9.95. The maximum absolute atomic E-state index is 11.2. The van der Waals surface area contributed by atoms with Gasteiger partial charge in [0.05, 0.1) is 17.1 Å². The second-order valence-corrected chi connectivity index (χ2v) is 8.88. The Hall–Kier alpha value is -2.86. The molecule has 1 aromatic heterocycles. The fourth-order valence-electron chi connectivity index (χ4n) is 4.26. The highest BCUT2D eigenvalue weighted by Gasteiger charge is 2.25. The molecular weight excluding hydrogens is 404 g/mol. The molecule has 1 aliphatic rings. The van der Waals surface area contributed by atoms with E-state index in [1.807, 2.05) is 60.1 Å². The highest BCUT2D eigenvalue weighted by Crippen LogP contribution is 2.30. The van der Waals surface area contributed by atoms with E-state index < -0.39 is 0 Å². The Morgan fingerprint density at radius 2 is 1.78 bits per heavy atom. The minimum atomic E-state index is 0.139. The van der Waals surface area contributed by atoms with E-state index in [1.54, 1.807) is 6.92 Å². The highest BCUT2D eigenvalue weighted by atomic mass is 16.5. The number of fused-ring (bicyclic) bond motifs is 1. The molecule has 0 radical (unpaired) electrons. The maximum atomic E-state index is 11.2. The van der Waals surface area contributed by atoms with Crippen LogP contribution in [0.4, 0.5) is 0 Å². The number of nitrogens with zero attached hydrogens (tertiary/aromatic N) is 2. The van der Waals surface area contributed by atoms with Crippen molar-refractivity contribution in [3.05, 3.63) is 48.5 Å². The number of imidazole rings is 1. The Morgan fingerprint density at radius 3 is 2.50 bits per heavy atom. The first-order valence-corrected chi connectivity index (χ1v) is 11.4. The molecule has 1 atom stereocenters. The average molecular weight is 437 g/mol. The van der Waals surface area contributed by atoms with Crippen molar-refractivity contribution in [2.24, 2.45) is 13.0 Å². The van der Waals surface area contributed by atoms with Gasteiger partial charge in [0.1, 0.15) is 23.4 Å². The van der Waals surface area contributed by atoms with Crippen molar-refractivity contribution in [1.29, 1.82) is 0 Å². The second-order valence-electron chi connectivity index (χ2n) is 8.88. The summed E-state index contributed by atoms with van der Waals surface area (Å²) in [5.74, 6) is 2.08. The van der Waals surface area contributed by atoms with E-state index in [-0.39, 0.29) is 23.9 Å². The molecule has 6 heteroatoms. The van der Waals surface area contributed by atoms with Gasteiger partial charge in [0.15, 0.2) is 0 Å². The molecule has 0 unspecified atom stereocenters. The predicted octanol–water partition coefficient (Wildman–Crippen LogP) is 5.69. The highest BCUT2D eigenvalue weighted by molar-refractivity contribution is 5.78. The molecule has 2 aromatic carbocycles. The van der Waals surface area contributed by atoms with Crippen LogP contribution in [0, 0.1) is 5.92 Å². The summed E-state index contributed by atoms with van der Waals surface area (Å²) in [5, 5.41) is 0. The van der Waals surface area contributed by atoms with Gasteiger partial charge in [-0.05, 0) is 62.8 Å². The van der Waals surface area contributed by atoms with Crippen molar-refractivity contribution in [3.63, 3.8) is 0 Å². The van der Waals surface area contributed by atoms with Crippen molar-refractivity contribution in [2.45, 2.75) is 58.2 Å². The minimum absolute atomic E-state index is 0.139. The molecule has 3 aromatic rings. The lowest BCUT2D eigenvalue weighted by Gasteiger charge is -2.29. The molecular formula is C26H32N2O4. The number of para-hydroxylation sites is 1. The smallest absolute Gasteiger partial charge is 0.297 e. The number of benzene rings is 2. The molecule has 0 spiro atoms. The molecule has 0 aliphatic heterocycles. The summed E-state index contributed by atoms with van der Waals surface area (Å²) in [6.45, 7) is 4.35. The Labute approximate surface area is 189 Å². The second kappa shape index (κ2) is 10.2. The molecule has 6 nitrogen and oxygen atoms in total. The summed E-state index contributed by atoms with van der Waals surface area (Å²) < 4.78 is 20.2. The van der Waals surface area contributed by atoms with E-state index in [9.17, 15) is 4.79 Å². The predicted molar refractivity (Wildman–Crippen MR) is 124 cm³/mol. The number of hydrogen-bond acceptors (Lipinski definition) is 5. The Morgan fingerprint density at radius 1 is 1.06 bits per heavy atom. The molecule has 1 fully saturated rings. The number of aryl methyl sites for hydroxylation is 1. The number of ether oxygens (including phenoxy) is 3. The first-order valence-electron chi connectivity index (χ1n) is 11.4. The van der Waals surface area contributed by atoms with E-state index >= 15 is 0 Å². The summed E-state index contributed by atoms with van der Waals surface area (Å²) in [4.78, 5) is 15.9. The van der Waals surface area contributed by atoms with Crippen molar-refractivity contribution >= 4 is 16.8 Å². The summed E-state index contributed by atoms with van der Waals surface area (Å²) >= 11 is 0. The zero-order valence-electron chi connectivity index (χ0n) is 19.1. The van der Waals surface area contributed by atoms with Gasteiger partial charge in [-0.2, -0.15) is 4.98 Å². The van der Waals surface area contributed by atoms with Gasteiger partial charge in [-0.1, -0.05) is 25.1 Å². The lowest BCUT2D eigenvalue weighted by Crippen LogP contribution is -2.30. The first kappa shape index (κ1) is 22.3. The van der Waals surface area contributed by atoms with E-state index in [4.69, 9.17) is 14.2 Å². The zero-order valence-corrected chi connectivity index (χ0v) is 19.1. The van der Waals surface area contributed by atoms with Crippen LogP contribution >= 0.6 is 0 Å². The molecule has 0 saturated heterocycles. The Balaban J connectivity index is 1.33. The van der Waals surface area contributed by atoms with Gasteiger partial charge < -0.3 is 19.0 Å². The molecule has 0 N–H and O–H groups in total. The largest absolute Gasteiger partial charge is 0.461 e. The normalized spacial score (nSPS) is 19.6. The number of aromatic nitrogens is 2. The number of carbonyl (C=O) groups excluding carboxylic acids is 1. The molecule has 0 bridgehead atoms. The van der Waals surface area contributed by atoms with Gasteiger partial charge in [0.2, 0.25) is 0 Å². The fraction of sp³-hybridized carbons (Fsp3) is 0.462. The van der Waals surface area contributed by atoms with E-state index in [0.29, 0.717) is 19.0 Å². The van der Waals surface area contributed by atoms with Crippen LogP contribution in [-0.2, 0) is 16.6 Å². The van der Waals surface area contributed by atoms with Gasteiger partial charge in [0.25, 0.3) is 6.01 Å². The third kappa shape index (κ3) is 5.68. The SMILES string of the molecule is CC(=O)C[C@@H](C)COC1CCC(Oc2nc3ccc(Oc4ccccc4)cc3n2C)CC1. The molecule has 1 heterocycles. The van der Waals surface area contributed by atoms with Crippen molar-refractivity contribution in [3.8, 4) is 17.5 Å². The fourth-order valence-corrected chi connectivity index (χ4v) is 4.26. The molecule has 0 amide bonds. The summed E-state index contributed by atoms with van der Waals surface area (Å²) in [5.41, 5.74) is 1.87. The van der Waals surface area contributed by atoms with Gasteiger partial charge >= 0.3 is 0 Å². The van der Waals surface area contributed by atoms with Crippen LogP contribution in [0.15, 0.2) is 48.5 Å². The quantitative estimate of drug-likeness (QED) is 0.431. The van der Waals surface area contributed by atoms with E-state index in [2.05, 4.69) is 11.9 Å². The van der Waals surface area contributed by atoms with Crippen LogP contribution in [-0.4, -0.2) is 34.1 Å². The summed E-state index contributed by atoms with van der Waals surface area (Å²) in [6.07, 6.45) is 4.80. The first-order chi connectivity index (χ1) is 15.5.